The molecule has 24 heavy (non-hydrogen) atoms. The molecule has 0 aliphatic rings. The minimum Gasteiger partial charge on any atom is -0.325 e. The molecule has 0 spiro atoms. The molecule has 2 rings (SSSR count). The van der Waals surface area contributed by atoms with Crippen molar-refractivity contribution in [2.45, 2.75) is 5.75 Å². The van der Waals surface area contributed by atoms with Crippen molar-refractivity contribution in [2.75, 3.05) is 11.1 Å². The number of rotatable bonds is 6. The van der Waals surface area contributed by atoms with E-state index in [-0.39, 0.29) is 11.4 Å². The Bertz CT molecular complexity index is 848. The first-order chi connectivity index (χ1) is 11.2. The number of anilines is 1. The molecule has 0 aliphatic carbocycles. The molecule has 9 heteroatoms. The number of halogens is 1. The van der Waals surface area contributed by atoms with E-state index < -0.39 is 38.0 Å². The average molecular weight is 352 g/mol. The third kappa shape index (κ3) is 5.13. The molecule has 0 atom stereocenters. The Hall–Kier alpha value is -2.81. The smallest absolute Gasteiger partial charge is 0.269 e. The molecule has 0 radical (unpaired) electrons. The van der Waals surface area contributed by atoms with Gasteiger partial charge in [0.25, 0.3) is 5.69 Å². The van der Waals surface area contributed by atoms with E-state index in [9.17, 15) is 27.7 Å². The van der Waals surface area contributed by atoms with E-state index in [2.05, 4.69) is 5.32 Å². The Balaban J connectivity index is 1.98. The molecule has 1 N–H and O–H groups in total. The van der Waals surface area contributed by atoms with Crippen molar-refractivity contribution in [3.05, 3.63) is 70.0 Å². The number of hydrogen-bond acceptors (Lipinski definition) is 5. The number of nitrogens with one attached hydrogen (secondary N) is 1. The van der Waals surface area contributed by atoms with Crippen LogP contribution in [0.4, 0.5) is 15.8 Å². The third-order valence-electron chi connectivity index (χ3n) is 3.01. The minimum atomic E-state index is -3.75. The molecule has 2 aromatic carbocycles. The fourth-order valence-corrected chi connectivity index (χ4v) is 3.22. The van der Waals surface area contributed by atoms with Crippen molar-refractivity contribution in [2.24, 2.45) is 0 Å². The monoisotopic (exact) mass is 352 g/mol. The molecule has 2 aromatic rings. The van der Waals surface area contributed by atoms with Gasteiger partial charge in [-0.2, -0.15) is 0 Å². The zero-order chi connectivity index (χ0) is 17.7. The maximum absolute atomic E-state index is 12.8. The minimum absolute atomic E-state index is 0.148. The summed E-state index contributed by atoms with van der Waals surface area (Å²) >= 11 is 0. The average Bonchev–Trinajstić information content (AvgIpc) is 2.49. The number of nitro benzene ring substituents is 1. The molecule has 0 unspecified atom stereocenters. The number of carbonyl (C=O) groups is 1. The lowest BCUT2D eigenvalue weighted by Crippen LogP contribution is -2.23. The van der Waals surface area contributed by atoms with E-state index in [1.807, 2.05) is 0 Å². The number of sulfone groups is 1. The molecule has 0 aromatic heterocycles. The molecule has 126 valence electrons. The van der Waals surface area contributed by atoms with Crippen molar-refractivity contribution >= 4 is 27.1 Å². The van der Waals surface area contributed by atoms with Crippen LogP contribution >= 0.6 is 0 Å². The van der Waals surface area contributed by atoms with Crippen molar-refractivity contribution in [1.29, 1.82) is 0 Å². The van der Waals surface area contributed by atoms with Gasteiger partial charge in [0.15, 0.2) is 9.84 Å². The summed E-state index contributed by atoms with van der Waals surface area (Å²) < 4.78 is 36.8. The molecule has 7 nitrogen and oxygen atoms in total. The van der Waals surface area contributed by atoms with Crippen LogP contribution in [0.15, 0.2) is 48.5 Å². The Kier molecular flexibility index (Phi) is 5.24. The van der Waals surface area contributed by atoms with Gasteiger partial charge in [0, 0.05) is 17.8 Å². The van der Waals surface area contributed by atoms with Crippen LogP contribution in [0, 0.1) is 15.9 Å². The zero-order valence-electron chi connectivity index (χ0n) is 12.3. The second kappa shape index (κ2) is 7.18. The fourth-order valence-electron chi connectivity index (χ4n) is 1.95. The van der Waals surface area contributed by atoms with Crippen LogP contribution in [0.25, 0.3) is 0 Å². The van der Waals surface area contributed by atoms with E-state index in [0.717, 1.165) is 12.1 Å². The second-order valence-electron chi connectivity index (χ2n) is 5.01. The van der Waals surface area contributed by atoms with Crippen LogP contribution in [0.3, 0.4) is 0 Å². The standard InChI is InChI=1S/C15H13FN2O5S/c16-12-3-5-13(6-4-12)17-15(19)10-24(22,23)9-11-1-7-14(8-2-11)18(20)21/h1-8H,9-10H2,(H,17,19). The van der Waals surface area contributed by atoms with Crippen LogP contribution in [-0.4, -0.2) is 25.0 Å². The summed E-state index contributed by atoms with van der Waals surface area (Å²) in [6.07, 6.45) is 0. The molecule has 0 fully saturated rings. The third-order valence-corrected chi connectivity index (χ3v) is 4.49. The van der Waals surface area contributed by atoms with Crippen molar-refractivity contribution in [3.8, 4) is 0 Å². The molecule has 0 bridgehead atoms. The summed E-state index contributed by atoms with van der Waals surface area (Å²) in [6, 6.07) is 9.96. The first-order valence-electron chi connectivity index (χ1n) is 6.74. The highest BCUT2D eigenvalue weighted by molar-refractivity contribution is 7.91. The zero-order valence-corrected chi connectivity index (χ0v) is 13.1. The van der Waals surface area contributed by atoms with Gasteiger partial charge in [-0.1, -0.05) is 12.1 Å². The van der Waals surface area contributed by atoms with Crippen LogP contribution in [0.2, 0.25) is 0 Å². The quantitative estimate of drug-likeness (QED) is 0.634. The molecule has 0 saturated heterocycles. The molecular weight excluding hydrogens is 339 g/mol. The van der Waals surface area contributed by atoms with Crippen LogP contribution < -0.4 is 5.32 Å². The summed E-state index contributed by atoms with van der Waals surface area (Å²) in [6.45, 7) is 0. The first-order valence-corrected chi connectivity index (χ1v) is 8.56. The molecule has 0 aliphatic heterocycles. The maximum Gasteiger partial charge on any atom is 0.269 e. The van der Waals surface area contributed by atoms with E-state index in [4.69, 9.17) is 0 Å². The molecule has 1 amide bonds. The largest absolute Gasteiger partial charge is 0.325 e. The summed E-state index contributed by atoms with van der Waals surface area (Å²) in [4.78, 5) is 21.7. The number of nitrogens with zero attached hydrogens (tertiary/aromatic N) is 1. The van der Waals surface area contributed by atoms with Gasteiger partial charge in [-0.15, -0.1) is 0 Å². The first kappa shape index (κ1) is 17.5. The summed E-state index contributed by atoms with van der Waals surface area (Å²) in [5, 5.41) is 12.9. The van der Waals surface area contributed by atoms with Gasteiger partial charge in [0.2, 0.25) is 5.91 Å². The fraction of sp³-hybridized carbons (Fsp3) is 0.133. The SMILES string of the molecule is O=C(CS(=O)(=O)Cc1ccc([N+](=O)[O-])cc1)Nc1ccc(F)cc1. The van der Waals surface area contributed by atoms with Crippen molar-refractivity contribution in [3.63, 3.8) is 0 Å². The predicted molar refractivity (Wildman–Crippen MR) is 85.6 cm³/mol. The van der Waals surface area contributed by atoms with Gasteiger partial charge >= 0.3 is 0 Å². The van der Waals surface area contributed by atoms with Gasteiger partial charge in [0.05, 0.1) is 10.7 Å². The number of non-ortho nitro benzene ring substituents is 1. The summed E-state index contributed by atoms with van der Waals surface area (Å²) in [7, 11) is -3.75. The Morgan fingerprint density at radius 3 is 2.21 bits per heavy atom. The second-order valence-corrected chi connectivity index (χ2v) is 7.08. The van der Waals surface area contributed by atoms with Crippen molar-refractivity contribution < 1.29 is 22.5 Å². The van der Waals surface area contributed by atoms with Crippen LogP contribution in [-0.2, 0) is 20.4 Å². The predicted octanol–water partition coefficient (Wildman–Crippen LogP) is 2.29. The number of benzene rings is 2. The number of nitro groups is 1. The van der Waals surface area contributed by atoms with Crippen LogP contribution in [0.1, 0.15) is 5.56 Å². The molecule has 0 saturated carbocycles. The Labute approximate surface area is 137 Å². The van der Waals surface area contributed by atoms with E-state index in [1.165, 1.54) is 36.4 Å². The van der Waals surface area contributed by atoms with Gasteiger partial charge < -0.3 is 5.32 Å². The van der Waals surface area contributed by atoms with Gasteiger partial charge in [-0.3, -0.25) is 14.9 Å². The van der Waals surface area contributed by atoms with Crippen LogP contribution in [0.5, 0.6) is 0 Å². The van der Waals surface area contributed by atoms with Gasteiger partial charge in [0.1, 0.15) is 11.6 Å². The number of carbonyl (C=O) groups excluding carboxylic acids is 1. The molecule has 0 heterocycles. The van der Waals surface area contributed by atoms with E-state index in [1.54, 1.807) is 0 Å². The van der Waals surface area contributed by atoms with E-state index >= 15 is 0 Å². The van der Waals surface area contributed by atoms with Gasteiger partial charge in [-0.05, 0) is 29.8 Å². The highest BCUT2D eigenvalue weighted by Crippen LogP contribution is 2.15. The Morgan fingerprint density at radius 2 is 1.67 bits per heavy atom. The van der Waals surface area contributed by atoms with Crippen molar-refractivity contribution in [1.82, 2.24) is 0 Å². The maximum atomic E-state index is 12.8. The number of hydrogen-bond donors (Lipinski definition) is 1. The van der Waals surface area contributed by atoms with E-state index in [0.29, 0.717) is 5.56 Å². The highest BCUT2D eigenvalue weighted by Gasteiger charge is 2.18. The highest BCUT2D eigenvalue weighted by atomic mass is 32.2. The summed E-state index contributed by atoms with van der Waals surface area (Å²) in [5.74, 6) is -2.38. The number of amides is 1. The lowest BCUT2D eigenvalue weighted by molar-refractivity contribution is -0.384. The normalized spacial score (nSPS) is 11.0. The Morgan fingerprint density at radius 1 is 1.08 bits per heavy atom. The lowest BCUT2D eigenvalue weighted by Gasteiger charge is -2.06. The lowest BCUT2D eigenvalue weighted by atomic mass is 10.2. The molecular formula is C15H13FN2O5S. The summed E-state index contributed by atoms with van der Waals surface area (Å²) in [5.41, 5.74) is 0.479. The topological polar surface area (TPSA) is 106 Å². The van der Waals surface area contributed by atoms with Gasteiger partial charge in [-0.25, -0.2) is 12.8 Å².